The first-order chi connectivity index (χ1) is 17.7. The van der Waals surface area contributed by atoms with Crippen LogP contribution in [0.25, 0.3) is 0 Å². The molecule has 0 saturated heterocycles. The zero-order valence-corrected chi connectivity index (χ0v) is 22.8. The Morgan fingerprint density at radius 1 is 0.763 bits per heavy atom. The van der Waals surface area contributed by atoms with Gasteiger partial charge < -0.3 is 49.7 Å². The predicted molar refractivity (Wildman–Crippen MR) is 146 cm³/mol. The Morgan fingerprint density at radius 3 is 1.55 bits per heavy atom. The van der Waals surface area contributed by atoms with Crippen molar-refractivity contribution in [1.82, 2.24) is 16.0 Å². The van der Waals surface area contributed by atoms with E-state index in [0.717, 1.165) is 0 Å². The van der Waals surface area contributed by atoms with Gasteiger partial charge in [-0.1, -0.05) is 34.1 Å². The van der Waals surface area contributed by atoms with E-state index < -0.39 is 47.9 Å². The normalized spacial score (nSPS) is 14.8. The molecule has 0 aromatic rings. The first kappa shape index (κ1) is 34.4. The molecule has 15 nitrogen and oxygen atoms in total. The van der Waals surface area contributed by atoms with Gasteiger partial charge in [-0.05, 0) is 37.5 Å². The van der Waals surface area contributed by atoms with Crippen molar-refractivity contribution < 1.29 is 24.3 Å². The van der Waals surface area contributed by atoms with Crippen molar-refractivity contribution in [3.63, 3.8) is 0 Å². The second-order valence-electron chi connectivity index (χ2n) is 9.50. The summed E-state index contributed by atoms with van der Waals surface area (Å²) in [5.74, 6) is -3.80. The van der Waals surface area contributed by atoms with Gasteiger partial charge in [-0.25, -0.2) is 4.79 Å². The lowest BCUT2D eigenvalue weighted by atomic mass is 9.98. The molecular weight excluding hydrogens is 496 g/mol. The van der Waals surface area contributed by atoms with Crippen LogP contribution in [0.1, 0.15) is 59.8 Å². The predicted octanol–water partition coefficient (Wildman–Crippen LogP) is -2.34. The molecule has 3 amide bonds. The van der Waals surface area contributed by atoms with Crippen LogP contribution in [0.5, 0.6) is 0 Å². The molecule has 0 radical (unpaired) electrons. The molecule has 0 bridgehead atoms. The fourth-order valence-corrected chi connectivity index (χ4v) is 3.32. The van der Waals surface area contributed by atoms with Crippen molar-refractivity contribution >= 4 is 35.6 Å². The Kier molecular flexibility index (Phi) is 16.1. The standard InChI is InChI=1S/C23H46N10O5/c1-5-13(4)17(21(37)38)33-19(35)15(9-7-11-30-23(27)28)31-18(34)14(8-6-10-29-22(25)26)32-20(36)16(24)12(2)3/h12-17H,5-11,24H2,1-4H3,(H,31,34)(H,32,36)(H,33,35)(H,37,38)(H4,25,26,29)(H4,27,28,30). The lowest BCUT2D eigenvalue weighted by Gasteiger charge is -2.27. The lowest BCUT2D eigenvalue weighted by Crippen LogP contribution is -2.58. The summed E-state index contributed by atoms with van der Waals surface area (Å²) in [6.45, 7) is 7.45. The van der Waals surface area contributed by atoms with Gasteiger partial charge in [0, 0.05) is 13.1 Å². The van der Waals surface area contributed by atoms with Gasteiger partial charge in [0.15, 0.2) is 11.9 Å². The maximum atomic E-state index is 13.2. The van der Waals surface area contributed by atoms with E-state index in [-0.39, 0.29) is 49.7 Å². The highest BCUT2D eigenvalue weighted by Gasteiger charge is 2.32. The lowest BCUT2D eigenvalue weighted by molar-refractivity contribution is -0.144. The average Bonchev–Trinajstić information content (AvgIpc) is 2.83. The van der Waals surface area contributed by atoms with Gasteiger partial charge >= 0.3 is 5.97 Å². The van der Waals surface area contributed by atoms with E-state index in [2.05, 4.69) is 25.9 Å². The highest BCUT2D eigenvalue weighted by molar-refractivity contribution is 5.94. The number of aliphatic imine (C=N–C) groups is 2. The Labute approximate surface area is 223 Å². The molecule has 15 heteroatoms. The highest BCUT2D eigenvalue weighted by Crippen LogP contribution is 2.10. The number of hydrogen-bond acceptors (Lipinski definition) is 7. The molecule has 0 aromatic heterocycles. The van der Waals surface area contributed by atoms with Crippen LogP contribution in [-0.4, -0.2) is 78.0 Å². The summed E-state index contributed by atoms with van der Waals surface area (Å²) in [7, 11) is 0. The van der Waals surface area contributed by atoms with Crippen molar-refractivity contribution in [2.24, 2.45) is 50.5 Å². The molecule has 38 heavy (non-hydrogen) atoms. The number of guanidine groups is 2. The Balaban J connectivity index is 5.79. The number of rotatable bonds is 18. The third-order valence-corrected chi connectivity index (χ3v) is 5.95. The molecule has 5 atom stereocenters. The smallest absolute Gasteiger partial charge is 0.326 e. The van der Waals surface area contributed by atoms with E-state index >= 15 is 0 Å². The molecule has 0 saturated carbocycles. The zero-order valence-electron chi connectivity index (χ0n) is 22.8. The van der Waals surface area contributed by atoms with Gasteiger partial charge in [0.2, 0.25) is 17.7 Å². The molecule has 14 N–H and O–H groups in total. The number of aliphatic carboxylic acids is 1. The van der Waals surface area contributed by atoms with Gasteiger partial charge in [-0.2, -0.15) is 0 Å². The molecule has 0 aliphatic rings. The van der Waals surface area contributed by atoms with E-state index in [4.69, 9.17) is 28.7 Å². The summed E-state index contributed by atoms with van der Waals surface area (Å²) in [5.41, 5.74) is 27.3. The molecule has 0 aliphatic heterocycles. The van der Waals surface area contributed by atoms with E-state index in [1.165, 1.54) is 0 Å². The fourth-order valence-electron chi connectivity index (χ4n) is 3.32. The number of nitrogens with one attached hydrogen (secondary N) is 3. The highest BCUT2D eigenvalue weighted by atomic mass is 16.4. The van der Waals surface area contributed by atoms with E-state index in [1.54, 1.807) is 27.7 Å². The minimum atomic E-state index is -1.19. The molecule has 0 aliphatic carbocycles. The monoisotopic (exact) mass is 542 g/mol. The van der Waals surface area contributed by atoms with E-state index in [9.17, 15) is 24.3 Å². The summed E-state index contributed by atoms with van der Waals surface area (Å²) in [5, 5.41) is 17.3. The van der Waals surface area contributed by atoms with Crippen LogP contribution < -0.4 is 44.6 Å². The largest absolute Gasteiger partial charge is 0.480 e. The van der Waals surface area contributed by atoms with Crippen molar-refractivity contribution in [3.8, 4) is 0 Å². The van der Waals surface area contributed by atoms with Crippen LogP contribution >= 0.6 is 0 Å². The topological polar surface area (TPSA) is 279 Å². The molecule has 0 rings (SSSR count). The summed E-state index contributed by atoms with van der Waals surface area (Å²) in [6.07, 6.45) is 1.45. The summed E-state index contributed by atoms with van der Waals surface area (Å²) in [4.78, 5) is 58.4. The molecule has 0 fully saturated rings. The van der Waals surface area contributed by atoms with Gasteiger partial charge in [0.05, 0.1) is 6.04 Å². The molecule has 0 spiro atoms. The van der Waals surface area contributed by atoms with Gasteiger partial charge in [-0.3, -0.25) is 24.4 Å². The zero-order chi connectivity index (χ0) is 29.4. The molecule has 0 heterocycles. The second-order valence-corrected chi connectivity index (χ2v) is 9.50. The quantitative estimate of drug-likeness (QED) is 0.0505. The number of nitrogens with two attached hydrogens (primary N) is 5. The number of carbonyl (C=O) groups is 4. The van der Waals surface area contributed by atoms with Crippen LogP contribution in [0.2, 0.25) is 0 Å². The maximum Gasteiger partial charge on any atom is 0.326 e. The van der Waals surface area contributed by atoms with Gasteiger partial charge in [-0.15, -0.1) is 0 Å². The van der Waals surface area contributed by atoms with Gasteiger partial charge in [0.1, 0.15) is 18.1 Å². The number of carbonyl (C=O) groups excluding carboxylic acids is 3. The average molecular weight is 543 g/mol. The summed E-state index contributed by atoms with van der Waals surface area (Å²) >= 11 is 0. The summed E-state index contributed by atoms with van der Waals surface area (Å²) < 4.78 is 0. The van der Waals surface area contributed by atoms with Crippen molar-refractivity contribution in [2.75, 3.05) is 13.1 Å². The molecule has 0 aromatic carbocycles. The maximum absolute atomic E-state index is 13.2. The van der Waals surface area contributed by atoms with Crippen LogP contribution in [-0.2, 0) is 19.2 Å². The molecular formula is C23H46N10O5. The van der Waals surface area contributed by atoms with Crippen LogP contribution in [0.15, 0.2) is 9.98 Å². The fraction of sp³-hybridized carbons (Fsp3) is 0.739. The summed E-state index contributed by atoms with van der Waals surface area (Å²) in [6, 6.07) is -4.16. The SMILES string of the molecule is CCC(C)C(NC(=O)C(CCCN=C(N)N)NC(=O)C(CCCN=C(N)N)NC(=O)C(N)C(C)C)C(=O)O. The molecule has 218 valence electrons. The third-order valence-electron chi connectivity index (χ3n) is 5.95. The first-order valence-electron chi connectivity index (χ1n) is 12.7. The van der Waals surface area contributed by atoms with E-state index in [0.29, 0.717) is 19.3 Å². The minimum Gasteiger partial charge on any atom is -0.480 e. The number of carboxylic acids is 1. The van der Waals surface area contributed by atoms with Crippen LogP contribution in [0.4, 0.5) is 0 Å². The number of hydrogen-bond donors (Lipinski definition) is 9. The number of amides is 3. The van der Waals surface area contributed by atoms with Crippen LogP contribution in [0.3, 0.4) is 0 Å². The van der Waals surface area contributed by atoms with Crippen molar-refractivity contribution in [3.05, 3.63) is 0 Å². The first-order valence-corrected chi connectivity index (χ1v) is 12.7. The third kappa shape index (κ3) is 13.6. The van der Waals surface area contributed by atoms with Gasteiger partial charge in [0.25, 0.3) is 0 Å². The number of nitrogens with zero attached hydrogens (tertiary/aromatic N) is 2. The number of carboxylic acid groups (broad SMARTS) is 1. The second kappa shape index (κ2) is 17.8. The van der Waals surface area contributed by atoms with Crippen LogP contribution in [0, 0.1) is 11.8 Å². The van der Waals surface area contributed by atoms with Crippen molar-refractivity contribution in [2.45, 2.75) is 84.0 Å². The minimum absolute atomic E-state index is 0.108. The Hall–Kier alpha value is -3.62. The van der Waals surface area contributed by atoms with Crippen molar-refractivity contribution in [1.29, 1.82) is 0 Å². The Bertz CT molecular complexity index is 840. The molecule has 5 unspecified atom stereocenters. The van der Waals surface area contributed by atoms with E-state index in [1.807, 2.05) is 0 Å². The Morgan fingerprint density at radius 2 is 1.18 bits per heavy atom.